The highest BCUT2D eigenvalue weighted by molar-refractivity contribution is 5.93. The lowest BCUT2D eigenvalue weighted by atomic mass is 10.2. The minimum atomic E-state index is -0.382. The van der Waals surface area contributed by atoms with Crippen LogP contribution in [0.1, 0.15) is 16.1 Å². The van der Waals surface area contributed by atoms with E-state index in [-0.39, 0.29) is 11.7 Å². The van der Waals surface area contributed by atoms with Crippen LogP contribution < -0.4 is 5.43 Å². The molecular formula is C12H12N4O2. The summed E-state index contributed by atoms with van der Waals surface area (Å²) < 4.78 is 1.54. The second-order valence-electron chi connectivity index (χ2n) is 3.67. The summed E-state index contributed by atoms with van der Waals surface area (Å²) in [5.41, 5.74) is 3.34. The molecule has 0 saturated heterocycles. The van der Waals surface area contributed by atoms with Crippen molar-refractivity contribution in [2.45, 2.75) is 0 Å². The molecule has 0 radical (unpaired) electrons. The number of nitrogens with zero attached hydrogens (tertiary/aromatic N) is 3. The molecule has 0 aliphatic heterocycles. The molecule has 6 heteroatoms. The monoisotopic (exact) mass is 244 g/mol. The van der Waals surface area contributed by atoms with Crippen molar-refractivity contribution in [3.63, 3.8) is 0 Å². The number of amides is 1. The van der Waals surface area contributed by atoms with Gasteiger partial charge in [-0.3, -0.25) is 9.48 Å². The van der Waals surface area contributed by atoms with Gasteiger partial charge in [-0.15, -0.1) is 0 Å². The van der Waals surface area contributed by atoms with Crippen LogP contribution in [0, 0.1) is 0 Å². The Bertz CT molecular complexity index is 589. The highest BCUT2D eigenvalue weighted by atomic mass is 16.3. The van der Waals surface area contributed by atoms with Crippen molar-refractivity contribution in [3.8, 4) is 5.75 Å². The number of phenolic OH excluding ortho intramolecular Hbond substituents is 1. The summed E-state index contributed by atoms with van der Waals surface area (Å²) in [5, 5.41) is 17.0. The maximum absolute atomic E-state index is 11.6. The summed E-state index contributed by atoms with van der Waals surface area (Å²) in [6, 6.07) is 8.15. The topological polar surface area (TPSA) is 79.5 Å². The number of hydrogen-bond acceptors (Lipinski definition) is 4. The lowest BCUT2D eigenvalue weighted by Gasteiger charge is -1.96. The summed E-state index contributed by atoms with van der Waals surface area (Å²) in [6.45, 7) is 0. The van der Waals surface area contributed by atoms with Crippen LogP contribution >= 0.6 is 0 Å². The smallest absolute Gasteiger partial charge is 0.291 e. The van der Waals surface area contributed by atoms with Crippen LogP contribution in [-0.2, 0) is 7.05 Å². The zero-order chi connectivity index (χ0) is 13.0. The molecule has 1 amide bonds. The van der Waals surface area contributed by atoms with Gasteiger partial charge < -0.3 is 5.11 Å². The van der Waals surface area contributed by atoms with Gasteiger partial charge in [0, 0.05) is 13.2 Å². The highest BCUT2D eigenvalue weighted by Crippen LogP contribution is 2.08. The zero-order valence-corrected chi connectivity index (χ0v) is 9.74. The molecule has 0 aliphatic rings. The van der Waals surface area contributed by atoms with Crippen molar-refractivity contribution in [2.24, 2.45) is 12.1 Å². The van der Waals surface area contributed by atoms with Crippen LogP contribution in [0.2, 0.25) is 0 Å². The third-order valence-corrected chi connectivity index (χ3v) is 2.20. The number of aromatic hydroxyl groups is 1. The molecule has 0 aliphatic carbocycles. The second kappa shape index (κ2) is 5.13. The van der Waals surface area contributed by atoms with Gasteiger partial charge in [0.1, 0.15) is 5.75 Å². The van der Waals surface area contributed by atoms with Gasteiger partial charge in [-0.2, -0.15) is 10.2 Å². The van der Waals surface area contributed by atoms with Gasteiger partial charge in [0.25, 0.3) is 5.91 Å². The molecule has 18 heavy (non-hydrogen) atoms. The largest absolute Gasteiger partial charge is 0.508 e. The average Bonchev–Trinajstić information content (AvgIpc) is 2.76. The van der Waals surface area contributed by atoms with Crippen LogP contribution in [-0.4, -0.2) is 27.0 Å². The molecule has 6 nitrogen and oxygen atoms in total. The summed E-state index contributed by atoms with van der Waals surface area (Å²) in [6.07, 6.45) is 3.12. The molecule has 1 aromatic heterocycles. The Morgan fingerprint density at radius 3 is 3.00 bits per heavy atom. The number of phenols is 1. The lowest BCUT2D eigenvalue weighted by molar-refractivity contribution is 0.0949. The Kier molecular flexibility index (Phi) is 3.38. The second-order valence-corrected chi connectivity index (χ2v) is 3.67. The van der Waals surface area contributed by atoms with Gasteiger partial charge in [-0.25, -0.2) is 5.43 Å². The van der Waals surface area contributed by atoms with Crippen LogP contribution in [0.5, 0.6) is 5.75 Å². The Labute approximate surface area is 104 Å². The summed E-state index contributed by atoms with van der Waals surface area (Å²) in [4.78, 5) is 11.6. The molecular weight excluding hydrogens is 232 g/mol. The van der Waals surface area contributed by atoms with E-state index in [1.807, 2.05) is 0 Å². The molecule has 2 aromatic rings. The molecule has 2 rings (SSSR count). The average molecular weight is 244 g/mol. The quantitative estimate of drug-likeness (QED) is 0.621. The third kappa shape index (κ3) is 2.94. The predicted molar refractivity (Wildman–Crippen MR) is 66.4 cm³/mol. The number of hydrogen-bond donors (Lipinski definition) is 2. The van der Waals surface area contributed by atoms with Crippen LogP contribution in [0.15, 0.2) is 41.6 Å². The highest BCUT2D eigenvalue weighted by Gasteiger charge is 2.06. The van der Waals surface area contributed by atoms with Gasteiger partial charge in [0.05, 0.1) is 6.21 Å². The molecule has 1 heterocycles. The Morgan fingerprint density at radius 2 is 2.33 bits per heavy atom. The van der Waals surface area contributed by atoms with Crippen molar-refractivity contribution in [3.05, 3.63) is 47.8 Å². The first kappa shape index (κ1) is 11.8. The SMILES string of the molecule is Cn1ccc(C(=O)N/N=C/c2cccc(O)c2)n1. The fourth-order valence-electron chi connectivity index (χ4n) is 1.36. The van der Waals surface area contributed by atoms with Crippen molar-refractivity contribution < 1.29 is 9.90 Å². The van der Waals surface area contributed by atoms with Crippen molar-refractivity contribution in [1.82, 2.24) is 15.2 Å². The minimum Gasteiger partial charge on any atom is -0.508 e. The van der Waals surface area contributed by atoms with Gasteiger partial charge >= 0.3 is 0 Å². The van der Waals surface area contributed by atoms with Gasteiger partial charge in [0.2, 0.25) is 0 Å². The number of nitrogens with one attached hydrogen (secondary N) is 1. The van der Waals surface area contributed by atoms with E-state index in [4.69, 9.17) is 0 Å². The van der Waals surface area contributed by atoms with Crippen molar-refractivity contribution >= 4 is 12.1 Å². The molecule has 2 N–H and O–H groups in total. The van der Waals surface area contributed by atoms with E-state index in [1.54, 1.807) is 37.5 Å². The van der Waals surface area contributed by atoms with E-state index >= 15 is 0 Å². The zero-order valence-electron chi connectivity index (χ0n) is 9.74. The Balaban J connectivity index is 1.97. The fraction of sp³-hybridized carbons (Fsp3) is 0.0833. The first-order valence-corrected chi connectivity index (χ1v) is 5.27. The lowest BCUT2D eigenvalue weighted by Crippen LogP contribution is -2.18. The summed E-state index contributed by atoms with van der Waals surface area (Å²) >= 11 is 0. The van der Waals surface area contributed by atoms with Crippen LogP contribution in [0.3, 0.4) is 0 Å². The minimum absolute atomic E-state index is 0.148. The standard InChI is InChI=1S/C12H12N4O2/c1-16-6-5-11(15-16)12(18)14-13-8-9-3-2-4-10(17)7-9/h2-8,17H,1H3,(H,14,18)/b13-8+. The van der Waals surface area contributed by atoms with Crippen molar-refractivity contribution in [1.29, 1.82) is 0 Å². The molecule has 0 bridgehead atoms. The number of aryl methyl sites for hydroxylation is 1. The predicted octanol–water partition coefficient (Wildman–Crippen LogP) is 0.890. The third-order valence-electron chi connectivity index (χ3n) is 2.20. The van der Waals surface area contributed by atoms with Crippen LogP contribution in [0.4, 0.5) is 0 Å². The Hall–Kier alpha value is -2.63. The molecule has 0 saturated carbocycles. The van der Waals surface area contributed by atoms with Gasteiger partial charge in [-0.1, -0.05) is 12.1 Å². The van der Waals surface area contributed by atoms with Gasteiger partial charge in [-0.05, 0) is 23.8 Å². The number of hydrazone groups is 1. The van der Waals surface area contributed by atoms with E-state index in [0.717, 1.165) is 0 Å². The normalized spacial score (nSPS) is 10.7. The number of benzene rings is 1. The summed E-state index contributed by atoms with van der Waals surface area (Å²) in [5.74, 6) is -0.234. The van der Waals surface area contributed by atoms with Crippen LogP contribution in [0.25, 0.3) is 0 Å². The number of aromatic nitrogens is 2. The van der Waals surface area contributed by atoms with E-state index in [9.17, 15) is 9.90 Å². The first-order valence-electron chi connectivity index (χ1n) is 5.27. The Morgan fingerprint density at radius 1 is 1.50 bits per heavy atom. The van der Waals surface area contributed by atoms with E-state index in [1.165, 1.54) is 17.0 Å². The molecule has 92 valence electrons. The molecule has 1 aromatic carbocycles. The molecule has 0 fully saturated rings. The molecule has 0 unspecified atom stereocenters. The fourth-order valence-corrected chi connectivity index (χ4v) is 1.36. The molecule has 0 atom stereocenters. The van der Waals surface area contributed by atoms with E-state index in [0.29, 0.717) is 11.3 Å². The van der Waals surface area contributed by atoms with E-state index in [2.05, 4.69) is 15.6 Å². The first-order chi connectivity index (χ1) is 8.65. The summed E-state index contributed by atoms with van der Waals surface area (Å²) in [7, 11) is 1.73. The maximum Gasteiger partial charge on any atom is 0.291 e. The molecule has 0 spiro atoms. The number of carbonyl (C=O) groups excluding carboxylic acids is 1. The number of carbonyl (C=O) groups is 1. The van der Waals surface area contributed by atoms with E-state index < -0.39 is 0 Å². The van der Waals surface area contributed by atoms with Gasteiger partial charge in [0.15, 0.2) is 5.69 Å². The van der Waals surface area contributed by atoms with Crippen molar-refractivity contribution in [2.75, 3.05) is 0 Å². The maximum atomic E-state index is 11.6. The number of rotatable bonds is 3.